The van der Waals surface area contributed by atoms with Crippen molar-refractivity contribution in [1.82, 2.24) is 10.2 Å². The van der Waals surface area contributed by atoms with Gasteiger partial charge in [-0.25, -0.2) is 0 Å². The minimum Gasteiger partial charge on any atom is -0.384 e. The average molecular weight is 423 g/mol. The molecule has 5 heteroatoms. The summed E-state index contributed by atoms with van der Waals surface area (Å²) in [6.45, 7) is 4.12. The van der Waals surface area contributed by atoms with Crippen LogP contribution in [0.1, 0.15) is 51.4 Å². The normalized spacial score (nSPS) is 23.5. The van der Waals surface area contributed by atoms with Crippen LogP contribution in [0.25, 0.3) is 0 Å². The average Bonchev–Trinajstić information content (AvgIpc) is 2.97. The van der Waals surface area contributed by atoms with E-state index in [0.29, 0.717) is 5.92 Å². The van der Waals surface area contributed by atoms with Gasteiger partial charge in [0.25, 0.3) is 0 Å². The van der Waals surface area contributed by atoms with Crippen LogP contribution in [0.5, 0.6) is 0 Å². The van der Waals surface area contributed by atoms with Gasteiger partial charge in [0, 0.05) is 39.7 Å². The van der Waals surface area contributed by atoms with E-state index in [9.17, 15) is 0 Å². The van der Waals surface area contributed by atoms with Crippen molar-refractivity contribution in [3.05, 3.63) is 0 Å². The summed E-state index contributed by atoms with van der Waals surface area (Å²) in [6.07, 6.45) is 11.2. The molecule has 2 fully saturated rings. The molecule has 0 aromatic rings. The summed E-state index contributed by atoms with van der Waals surface area (Å²) in [6, 6.07) is 0. The molecule has 1 unspecified atom stereocenters. The van der Waals surface area contributed by atoms with E-state index >= 15 is 0 Å². The number of aliphatic imine (C=N–C) groups is 1. The summed E-state index contributed by atoms with van der Waals surface area (Å²) in [5, 5.41) is 3.55. The van der Waals surface area contributed by atoms with Gasteiger partial charge in [-0.1, -0.05) is 32.1 Å². The van der Waals surface area contributed by atoms with Crippen molar-refractivity contribution >= 4 is 29.9 Å². The number of guanidine groups is 1. The van der Waals surface area contributed by atoms with Crippen molar-refractivity contribution in [1.29, 1.82) is 0 Å². The fourth-order valence-electron chi connectivity index (χ4n) is 3.80. The van der Waals surface area contributed by atoms with Crippen LogP contribution in [0.3, 0.4) is 0 Å². The van der Waals surface area contributed by atoms with Crippen molar-refractivity contribution in [2.24, 2.45) is 16.8 Å². The van der Waals surface area contributed by atoms with Crippen LogP contribution in [0.2, 0.25) is 0 Å². The SMILES string of the molecule is CN=C(NCCCC1CCCCC1)N1CCC(COC)C1.I. The summed E-state index contributed by atoms with van der Waals surface area (Å²) in [7, 11) is 3.69. The molecule has 0 aromatic carbocycles. The number of nitrogens with one attached hydrogen (secondary N) is 1. The minimum atomic E-state index is 0. The highest BCUT2D eigenvalue weighted by molar-refractivity contribution is 14.0. The van der Waals surface area contributed by atoms with E-state index in [2.05, 4.69) is 15.2 Å². The molecule has 2 aliphatic rings. The molecule has 1 N–H and O–H groups in total. The Morgan fingerprint density at radius 3 is 2.64 bits per heavy atom. The van der Waals surface area contributed by atoms with Crippen LogP contribution in [-0.4, -0.2) is 51.3 Å². The van der Waals surface area contributed by atoms with E-state index in [-0.39, 0.29) is 24.0 Å². The number of likely N-dealkylation sites (tertiary alicyclic amines) is 1. The van der Waals surface area contributed by atoms with Gasteiger partial charge in [-0.2, -0.15) is 0 Å². The van der Waals surface area contributed by atoms with Gasteiger partial charge in [0.2, 0.25) is 0 Å². The van der Waals surface area contributed by atoms with Crippen molar-refractivity contribution < 1.29 is 4.74 Å². The predicted octanol–water partition coefficient (Wildman–Crippen LogP) is 3.51. The molecule has 0 amide bonds. The van der Waals surface area contributed by atoms with Crippen LogP contribution in [0.4, 0.5) is 0 Å². The molecule has 4 nitrogen and oxygen atoms in total. The highest BCUT2D eigenvalue weighted by Gasteiger charge is 2.24. The largest absolute Gasteiger partial charge is 0.384 e. The molecule has 130 valence electrons. The third-order valence-electron chi connectivity index (χ3n) is 5.00. The highest BCUT2D eigenvalue weighted by Crippen LogP contribution is 2.27. The first-order chi connectivity index (χ1) is 10.3. The molecule has 1 saturated carbocycles. The molecule has 1 saturated heterocycles. The van der Waals surface area contributed by atoms with Gasteiger partial charge in [-0.3, -0.25) is 4.99 Å². The van der Waals surface area contributed by atoms with Crippen molar-refractivity contribution in [2.75, 3.05) is 40.4 Å². The number of nitrogens with zero attached hydrogens (tertiary/aromatic N) is 2. The molecule has 0 spiro atoms. The standard InChI is InChI=1S/C17H33N3O.HI/c1-18-17(20-12-10-16(13-20)14-21-2)19-11-6-9-15-7-4-3-5-8-15;/h15-16H,3-14H2,1-2H3,(H,18,19);1H. The molecule has 1 atom stereocenters. The van der Waals surface area contributed by atoms with E-state index in [1.165, 1.54) is 51.4 Å². The quantitative estimate of drug-likeness (QED) is 0.308. The summed E-state index contributed by atoms with van der Waals surface area (Å²) in [5.41, 5.74) is 0. The second-order valence-corrected chi connectivity index (χ2v) is 6.68. The lowest BCUT2D eigenvalue weighted by molar-refractivity contribution is 0.157. The second kappa shape index (κ2) is 11.5. The Morgan fingerprint density at radius 1 is 1.18 bits per heavy atom. The first-order valence-corrected chi connectivity index (χ1v) is 8.78. The number of ether oxygens (including phenoxy) is 1. The molecule has 1 aliphatic heterocycles. The maximum atomic E-state index is 5.27. The van der Waals surface area contributed by atoms with E-state index < -0.39 is 0 Å². The Labute approximate surface area is 153 Å². The fraction of sp³-hybridized carbons (Fsp3) is 0.941. The maximum Gasteiger partial charge on any atom is 0.193 e. The van der Waals surface area contributed by atoms with Crippen molar-refractivity contribution in [3.63, 3.8) is 0 Å². The first kappa shape index (κ1) is 20.0. The van der Waals surface area contributed by atoms with Crippen LogP contribution < -0.4 is 5.32 Å². The van der Waals surface area contributed by atoms with E-state index in [4.69, 9.17) is 4.74 Å². The number of rotatable bonds is 6. The molecule has 1 aliphatic carbocycles. The molecule has 0 bridgehead atoms. The topological polar surface area (TPSA) is 36.9 Å². The summed E-state index contributed by atoms with van der Waals surface area (Å²) < 4.78 is 5.27. The molecule has 22 heavy (non-hydrogen) atoms. The zero-order valence-electron chi connectivity index (χ0n) is 14.4. The van der Waals surface area contributed by atoms with Gasteiger partial charge < -0.3 is 15.0 Å². The Balaban J connectivity index is 0.00000242. The van der Waals surface area contributed by atoms with E-state index in [0.717, 1.165) is 38.1 Å². The number of methoxy groups -OCH3 is 1. The molecule has 2 rings (SSSR count). The highest BCUT2D eigenvalue weighted by atomic mass is 127. The first-order valence-electron chi connectivity index (χ1n) is 8.78. The Hall–Kier alpha value is -0.0400. The van der Waals surface area contributed by atoms with Gasteiger partial charge in [0.15, 0.2) is 5.96 Å². The lowest BCUT2D eigenvalue weighted by Crippen LogP contribution is -2.40. The smallest absolute Gasteiger partial charge is 0.193 e. The zero-order chi connectivity index (χ0) is 14.9. The summed E-state index contributed by atoms with van der Waals surface area (Å²) in [4.78, 5) is 6.82. The van der Waals surface area contributed by atoms with Crippen molar-refractivity contribution in [2.45, 2.75) is 51.4 Å². The zero-order valence-corrected chi connectivity index (χ0v) is 16.7. The van der Waals surface area contributed by atoms with Crippen LogP contribution in [0.15, 0.2) is 4.99 Å². The third-order valence-corrected chi connectivity index (χ3v) is 5.00. The molecular formula is C17H34IN3O. The lowest BCUT2D eigenvalue weighted by atomic mass is 9.86. The van der Waals surface area contributed by atoms with Crippen LogP contribution in [0, 0.1) is 11.8 Å². The number of hydrogen-bond donors (Lipinski definition) is 1. The van der Waals surface area contributed by atoms with Gasteiger partial charge in [0.05, 0.1) is 6.61 Å². The molecule has 1 heterocycles. The Kier molecular flexibility index (Phi) is 10.4. The predicted molar refractivity (Wildman–Crippen MR) is 104 cm³/mol. The fourth-order valence-corrected chi connectivity index (χ4v) is 3.80. The second-order valence-electron chi connectivity index (χ2n) is 6.68. The van der Waals surface area contributed by atoms with E-state index in [1.54, 1.807) is 7.11 Å². The minimum absolute atomic E-state index is 0. The van der Waals surface area contributed by atoms with E-state index in [1.807, 2.05) is 7.05 Å². The third kappa shape index (κ3) is 6.60. The Bertz CT molecular complexity index is 319. The van der Waals surface area contributed by atoms with Crippen LogP contribution >= 0.6 is 24.0 Å². The summed E-state index contributed by atoms with van der Waals surface area (Å²) >= 11 is 0. The summed E-state index contributed by atoms with van der Waals surface area (Å²) in [5.74, 6) is 2.73. The van der Waals surface area contributed by atoms with Gasteiger partial charge in [-0.15, -0.1) is 24.0 Å². The monoisotopic (exact) mass is 423 g/mol. The number of halogens is 1. The molecule has 0 aromatic heterocycles. The lowest BCUT2D eigenvalue weighted by Gasteiger charge is -2.23. The van der Waals surface area contributed by atoms with Gasteiger partial charge in [0.1, 0.15) is 0 Å². The number of hydrogen-bond acceptors (Lipinski definition) is 2. The van der Waals surface area contributed by atoms with Gasteiger partial charge >= 0.3 is 0 Å². The Morgan fingerprint density at radius 2 is 1.95 bits per heavy atom. The van der Waals surface area contributed by atoms with Crippen molar-refractivity contribution in [3.8, 4) is 0 Å². The maximum absolute atomic E-state index is 5.27. The van der Waals surface area contributed by atoms with Crippen LogP contribution in [-0.2, 0) is 4.74 Å². The molecular weight excluding hydrogens is 389 g/mol. The van der Waals surface area contributed by atoms with Gasteiger partial charge in [-0.05, 0) is 25.2 Å². The molecule has 0 radical (unpaired) electrons.